The van der Waals surface area contributed by atoms with Gasteiger partial charge in [0.05, 0.1) is 7.11 Å². The van der Waals surface area contributed by atoms with Crippen molar-refractivity contribution in [1.29, 1.82) is 0 Å². The molecule has 5 heteroatoms. The Hall–Kier alpha value is -2.40. The van der Waals surface area contributed by atoms with Crippen LogP contribution < -0.4 is 4.74 Å². The van der Waals surface area contributed by atoms with E-state index in [-0.39, 0.29) is 5.91 Å². The van der Waals surface area contributed by atoms with E-state index in [4.69, 9.17) is 4.74 Å². The van der Waals surface area contributed by atoms with Crippen molar-refractivity contribution in [3.8, 4) is 5.88 Å². The molecule has 0 radical (unpaired) electrons. The normalized spacial score (nSPS) is 20.5. The summed E-state index contributed by atoms with van der Waals surface area (Å²) in [4.78, 5) is 21.4. The number of carbonyl (C=O) groups is 1. The van der Waals surface area contributed by atoms with Gasteiger partial charge in [0.15, 0.2) is 0 Å². The van der Waals surface area contributed by atoms with Gasteiger partial charge in [-0.25, -0.2) is 4.98 Å². The van der Waals surface area contributed by atoms with E-state index in [9.17, 15) is 4.79 Å². The Balaban J connectivity index is 1.38. The summed E-state index contributed by atoms with van der Waals surface area (Å²) < 4.78 is 5.24. The van der Waals surface area contributed by atoms with E-state index in [1.165, 1.54) is 17.5 Å². The molecule has 2 aliphatic rings. The predicted molar refractivity (Wildman–Crippen MR) is 101 cm³/mol. The minimum absolute atomic E-state index is 0.0172. The number of hydrogen-bond donors (Lipinski definition) is 0. The highest BCUT2D eigenvalue weighted by molar-refractivity contribution is 5.96. The first kappa shape index (κ1) is 17.0. The number of methoxy groups -OCH3 is 1. The lowest BCUT2D eigenvalue weighted by Crippen LogP contribution is -2.53. The molecule has 0 saturated carbocycles. The van der Waals surface area contributed by atoms with Crippen molar-refractivity contribution in [2.24, 2.45) is 0 Å². The van der Waals surface area contributed by atoms with E-state index in [1.54, 1.807) is 25.4 Å². The quantitative estimate of drug-likeness (QED) is 0.852. The maximum atomic E-state index is 12.8. The van der Waals surface area contributed by atoms with Crippen molar-refractivity contribution < 1.29 is 9.53 Å². The Morgan fingerprint density at radius 2 is 1.85 bits per heavy atom. The molecule has 1 amide bonds. The fourth-order valence-corrected chi connectivity index (χ4v) is 4.17. The number of nitrogens with zero attached hydrogens (tertiary/aromatic N) is 3. The van der Waals surface area contributed by atoms with Gasteiger partial charge in [-0.05, 0) is 42.5 Å². The van der Waals surface area contributed by atoms with Gasteiger partial charge in [-0.1, -0.05) is 24.3 Å². The van der Waals surface area contributed by atoms with Gasteiger partial charge in [0.2, 0.25) is 5.88 Å². The highest BCUT2D eigenvalue weighted by Gasteiger charge is 2.29. The van der Waals surface area contributed by atoms with Crippen LogP contribution in [0.4, 0.5) is 0 Å². The lowest BCUT2D eigenvalue weighted by atomic mass is 9.87. The largest absolute Gasteiger partial charge is 0.480 e. The zero-order chi connectivity index (χ0) is 17.9. The molecule has 1 aliphatic carbocycles. The molecule has 1 saturated heterocycles. The molecule has 1 aromatic carbocycles. The molecule has 1 aromatic heterocycles. The van der Waals surface area contributed by atoms with E-state index < -0.39 is 0 Å². The summed E-state index contributed by atoms with van der Waals surface area (Å²) in [6.45, 7) is 3.38. The first-order valence-electron chi connectivity index (χ1n) is 9.35. The number of aromatic nitrogens is 1. The Morgan fingerprint density at radius 3 is 2.62 bits per heavy atom. The van der Waals surface area contributed by atoms with Gasteiger partial charge >= 0.3 is 0 Å². The van der Waals surface area contributed by atoms with Crippen molar-refractivity contribution in [3.63, 3.8) is 0 Å². The number of benzene rings is 1. The standard InChI is InChI=1S/C21H25N3O2/c1-26-20-19(7-4-10-22-20)21(25)24-13-11-23(12-14-24)18-9-8-16-5-2-3-6-17(16)15-18/h2-7,10,18H,8-9,11-15H2,1H3/t18-/m0/s1. The summed E-state index contributed by atoms with van der Waals surface area (Å²) in [5.41, 5.74) is 3.54. The van der Waals surface area contributed by atoms with Crippen LogP contribution in [-0.4, -0.2) is 60.0 Å². The van der Waals surface area contributed by atoms with E-state index in [0.717, 1.165) is 39.0 Å². The minimum Gasteiger partial charge on any atom is -0.480 e. The molecule has 2 aromatic rings. The second-order valence-electron chi connectivity index (χ2n) is 7.05. The number of carbonyl (C=O) groups excluding carboxylic acids is 1. The minimum atomic E-state index is 0.0172. The summed E-state index contributed by atoms with van der Waals surface area (Å²) in [5, 5.41) is 0. The highest BCUT2D eigenvalue weighted by atomic mass is 16.5. The average Bonchev–Trinajstić information content (AvgIpc) is 2.73. The molecule has 1 fully saturated rings. The van der Waals surface area contributed by atoms with Gasteiger partial charge in [0.1, 0.15) is 5.56 Å². The third-order valence-corrected chi connectivity index (χ3v) is 5.63. The second kappa shape index (κ2) is 7.46. The summed E-state index contributed by atoms with van der Waals surface area (Å²) in [6.07, 6.45) is 5.14. The number of rotatable bonds is 3. The molecule has 1 aliphatic heterocycles. The Morgan fingerprint density at radius 1 is 1.08 bits per heavy atom. The first-order chi connectivity index (χ1) is 12.8. The van der Waals surface area contributed by atoms with Crippen LogP contribution in [0.25, 0.3) is 0 Å². The molecule has 26 heavy (non-hydrogen) atoms. The Kier molecular flexibility index (Phi) is 4.89. The van der Waals surface area contributed by atoms with Crippen molar-refractivity contribution in [1.82, 2.24) is 14.8 Å². The average molecular weight is 351 g/mol. The topological polar surface area (TPSA) is 45.7 Å². The fraction of sp³-hybridized carbons (Fsp3) is 0.429. The number of fused-ring (bicyclic) bond motifs is 1. The van der Waals surface area contributed by atoms with Crippen LogP contribution in [0.1, 0.15) is 27.9 Å². The van der Waals surface area contributed by atoms with Crippen LogP contribution in [0.15, 0.2) is 42.6 Å². The third kappa shape index (κ3) is 3.31. The Labute approximate surface area is 154 Å². The van der Waals surface area contributed by atoms with E-state index >= 15 is 0 Å². The van der Waals surface area contributed by atoms with Gasteiger partial charge in [-0.3, -0.25) is 9.69 Å². The number of pyridine rings is 1. The smallest absolute Gasteiger partial charge is 0.259 e. The van der Waals surface area contributed by atoms with E-state index in [0.29, 0.717) is 17.5 Å². The molecule has 5 nitrogen and oxygen atoms in total. The lowest BCUT2D eigenvalue weighted by Gasteiger charge is -2.41. The molecular formula is C21H25N3O2. The van der Waals surface area contributed by atoms with Crippen LogP contribution in [0.3, 0.4) is 0 Å². The summed E-state index contributed by atoms with van der Waals surface area (Å²) >= 11 is 0. The summed E-state index contributed by atoms with van der Waals surface area (Å²) in [5.74, 6) is 0.424. The maximum Gasteiger partial charge on any atom is 0.259 e. The van der Waals surface area contributed by atoms with E-state index in [1.807, 2.05) is 4.90 Å². The van der Waals surface area contributed by atoms with Gasteiger partial charge < -0.3 is 9.64 Å². The fourth-order valence-electron chi connectivity index (χ4n) is 4.17. The molecule has 0 N–H and O–H groups in total. The number of aryl methyl sites for hydroxylation is 1. The van der Waals surface area contributed by atoms with Crippen molar-refractivity contribution in [2.75, 3.05) is 33.3 Å². The van der Waals surface area contributed by atoms with Crippen LogP contribution in [-0.2, 0) is 12.8 Å². The number of piperazine rings is 1. The van der Waals surface area contributed by atoms with Gasteiger partial charge in [-0.15, -0.1) is 0 Å². The van der Waals surface area contributed by atoms with Crippen molar-refractivity contribution in [2.45, 2.75) is 25.3 Å². The highest BCUT2D eigenvalue weighted by Crippen LogP contribution is 2.25. The molecule has 0 spiro atoms. The number of amides is 1. The van der Waals surface area contributed by atoms with Crippen LogP contribution in [0.5, 0.6) is 5.88 Å². The summed E-state index contributed by atoms with van der Waals surface area (Å²) in [7, 11) is 1.55. The lowest BCUT2D eigenvalue weighted by molar-refractivity contribution is 0.0549. The van der Waals surface area contributed by atoms with Crippen molar-refractivity contribution >= 4 is 5.91 Å². The van der Waals surface area contributed by atoms with Crippen LogP contribution in [0.2, 0.25) is 0 Å². The Bertz CT molecular complexity index is 784. The maximum absolute atomic E-state index is 12.8. The summed E-state index contributed by atoms with van der Waals surface area (Å²) in [6, 6.07) is 13.0. The van der Waals surface area contributed by atoms with Gasteiger partial charge in [0.25, 0.3) is 5.91 Å². The molecule has 2 heterocycles. The number of ether oxygens (including phenoxy) is 1. The van der Waals surface area contributed by atoms with Crippen LogP contribution in [0, 0.1) is 0 Å². The molecule has 0 bridgehead atoms. The van der Waals surface area contributed by atoms with Gasteiger partial charge in [-0.2, -0.15) is 0 Å². The predicted octanol–water partition coefficient (Wildman–Crippen LogP) is 2.41. The molecule has 4 rings (SSSR count). The molecular weight excluding hydrogens is 326 g/mol. The molecule has 136 valence electrons. The second-order valence-corrected chi connectivity index (χ2v) is 7.05. The monoisotopic (exact) mass is 351 g/mol. The number of hydrogen-bond acceptors (Lipinski definition) is 4. The molecule has 1 atom stereocenters. The first-order valence-corrected chi connectivity index (χ1v) is 9.35. The zero-order valence-corrected chi connectivity index (χ0v) is 15.2. The van der Waals surface area contributed by atoms with Crippen molar-refractivity contribution in [3.05, 3.63) is 59.3 Å². The zero-order valence-electron chi connectivity index (χ0n) is 15.2. The third-order valence-electron chi connectivity index (χ3n) is 5.63. The van der Waals surface area contributed by atoms with E-state index in [2.05, 4.69) is 34.1 Å². The SMILES string of the molecule is COc1ncccc1C(=O)N1CCN([C@H]2CCc3ccccc3C2)CC1. The van der Waals surface area contributed by atoms with Crippen LogP contribution >= 0.6 is 0 Å². The molecule has 0 unspecified atom stereocenters. The van der Waals surface area contributed by atoms with Gasteiger partial charge in [0, 0.05) is 38.4 Å².